The van der Waals surface area contributed by atoms with Crippen LogP contribution in [0.15, 0.2) is 18.3 Å². The number of hydrogen-bond acceptors (Lipinski definition) is 2. The van der Waals surface area contributed by atoms with Gasteiger partial charge in [0.25, 0.3) is 0 Å². The molecule has 2 rings (SSSR count). The summed E-state index contributed by atoms with van der Waals surface area (Å²) < 4.78 is 12.5. The van der Waals surface area contributed by atoms with E-state index in [1.807, 2.05) is 0 Å². The Balaban J connectivity index is 1.97. The normalized spacial score (nSPS) is 20.9. The Bertz CT molecular complexity index is 336. The Morgan fingerprint density at radius 3 is 3.00 bits per heavy atom. The van der Waals surface area contributed by atoms with Crippen LogP contribution >= 0.6 is 0 Å². The van der Waals surface area contributed by atoms with Gasteiger partial charge in [0.05, 0.1) is 0 Å². The largest absolute Gasteiger partial charge is 0.356 e. The van der Waals surface area contributed by atoms with Gasteiger partial charge in [-0.25, -0.2) is 4.98 Å². The van der Waals surface area contributed by atoms with Crippen molar-refractivity contribution in [1.82, 2.24) is 10.3 Å². The lowest BCUT2D eigenvalue weighted by Gasteiger charge is -2.05. The molecule has 3 nitrogen and oxygen atoms in total. The van der Waals surface area contributed by atoms with Crippen LogP contribution < -0.4 is 5.32 Å². The van der Waals surface area contributed by atoms with Crippen LogP contribution in [-0.2, 0) is 11.2 Å². The molecule has 1 aliphatic rings. The van der Waals surface area contributed by atoms with Crippen LogP contribution in [-0.4, -0.2) is 17.4 Å². The zero-order valence-corrected chi connectivity index (χ0v) is 7.66. The lowest BCUT2D eigenvalue weighted by atomic mass is 10.00. The number of halogens is 1. The second-order valence-electron chi connectivity index (χ2n) is 3.57. The molecule has 14 heavy (non-hydrogen) atoms. The third kappa shape index (κ3) is 2.07. The molecule has 0 aromatic carbocycles. The second kappa shape index (κ2) is 3.74. The van der Waals surface area contributed by atoms with Crippen molar-refractivity contribution in [3.63, 3.8) is 0 Å². The van der Waals surface area contributed by atoms with Gasteiger partial charge in [-0.15, -0.1) is 0 Å². The van der Waals surface area contributed by atoms with Gasteiger partial charge < -0.3 is 5.32 Å². The summed E-state index contributed by atoms with van der Waals surface area (Å²) in [6, 6.07) is 3.06. The number of rotatable bonds is 2. The molecular formula is C10H11FN2O. The van der Waals surface area contributed by atoms with E-state index in [9.17, 15) is 9.18 Å². The molecule has 0 bridgehead atoms. The molecule has 1 amide bonds. The van der Waals surface area contributed by atoms with Crippen molar-refractivity contribution >= 4 is 5.91 Å². The first-order valence-corrected chi connectivity index (χ1v) is 4.61. The Morgan fingerprint density at radius 1 is 1.57 bits per heavy atom. The van der Waals surface area contributed by atoms with Gasteiger partial charge >= 0.3 is 0 Å². The minimum atomic E-state index is -0.464. The number of aromatic nitrogens is 1. The summed E-state index contributed by atoms with van der Waals surface area (Å²) in [6.07, 6.45) is 2.88. The van der Waals surface area contributed by atoms with Crippen LogP contribution in [0.4, 0.5) is 4.39 Å². The molecule has 74 valence electrons. The van der Waals surface area contributed by atoms with Crippen LogP contribution in [0.25, 0.3) is 0 Å². The average Bonchev–Trinajstić information content (AvgIpc) is 2.56. The smallest absolute Gasteiger partial charge is 0.220 e. The number of nitrogens with one attached hydrogen (secondary N) is 1. The summed E-state index contributed by atoms with van der Waals surface area (Å²) in [5.74, 6) is -0.0331. The molecule has 1 aliphatic heterocycles. The predicted molar refractivity (Wildman–Crippen MR) is 49.0 cm³/mol. The standard InChI is InChI=1S/C10H11FN2O/c11-9-2-1-7(5-12-9)3-8-4-10(14)13-6-8/h1-2,5,8H,3-4,6H2,(H,13,14). The molecule has 1 aromatic rings. The van der Waals surface area contributed by atoms with Crippen LogP contribution in [0.1, 0.15) is 12.0 Å². The van der Waals surface area contributed by atoms with Gasteiger partial charge in [-0.3, -0.25) is 4.79 Å². The second-order valence-corrected chi connectivity index (χ2v) is 3.57. The molecule has 0 aliphatic carbocycles. The van der Waals surface area contributed by atoms with Crippen molar-refractivity contribution < 1.29 is 9.18 Å². The molecule has 0 saturated carbocycles. The van der Waals surface area contributed by atoms with Gasteiger partial charge in [0.15, 0.2) is 0 Å². The summed E-state index contributed by atoms with van der Waals surface area (Å²) in [6.45, 7) is 0.718. The number of carbonyl (C=O) groups is 1. The maximum atomic E-state index is 12.5. The molecule has 0 radical (unpaired) electrons. The van der Waals surface area contributed by atoms with Crippen LogP contribution in [0.5, 0.6) is 0 Å². The van der Waals surface area contributed by atoms with E-state index in [0.717, 1.165) is 18.5 Å². The zero-order chi connectivity index (χ0) is 9.97. The van der Waals surface area contributed by atoms with Crippen molar-refractivity contribution in [2.45, 2.75) is 12.8 Å². The minimum absolute atomic E-state index is 0.102. The van der Waals surface area contributed by atoms with E-state index in [2.05, 4.69) is 10.3 Å². The molecule has 1 fully saturated rings. The molecule has 1 atom stereocenters. The summed E-state index contributed by atoms with van der Waals surface area (Å²) >= 11 is 0. The fourth-order valence-corrected chi connectivity index (χ4v) is 1.67. The van der Waals surface area contributed by atoms with E-state index >= 15 is 0 Å². The highest BCUT2D eigenvalue weighted by Crippen LogP contribution is 2.15. The van der Waals surface area contributed by atoms with Crippen molar-refractivity contribution in [3.8, 4) is 0 Å². The number of amides is 1. The van der Waals surface area contributed by atoms with Crippen molar-refractivity contribution in [2.24, 2.45) is 5.92 Å². The molecule has 1 unspecified atom stereocenters. The van der Waals surface area contributed by atoms with Crippen molar-refractivity contribution in [1.29, 1.82) is 0 Å². The Labute approximate surface area is 81.3 Å². The van der Waals surface area contributed by atoms with Gasteiger partial charge in [0, 0.05) is 19.2 Å². The molecule has 1 N–H and O–H groups in total. The third-order valence-electron chi connectivity index (χ3n) is 2.37. The highest BCUT2D eigenvalue weighted by molar-refractivity contribution is 5.78. The highest BCUT2D eigenvalue weighted by atomic mass is 19.1. The number of carbonyl (C=O) groups excluding carboxylic acids is 1. The van der Waals surface area contributed by atoms with E-state index < -0.39 is 5.95 Å². The average molecular weight is 194 g/mol. The van der Waals surface area contributed by atoms with Crippen LogP contribution in [0, 0.1) is 11.9 Å². The van der Waals surface area contributed by atoms with E-state index in [1.54, 1.807) is 6.07 Å². The lowest BCUT2D eigenvalue weighted by molar-refractivity contribution is -0.119. The van der Waals surface area contributed by atoms with Gasteiger partial charge in [-0.1, -0.05) is 6.07 Å². The minimum Gasteiger partial charge on any atom is -0.356 e. The molecule has 4 heteroatoms. The first-order valence-electron chi connectivity index (χ1n) is 4.61. The fraction of sp³-hybridized carbons (Fsp3) is 0.400. The lowest BCUT2D eigenvalue weighted by Crippen LogP contribution is -2.14. The van der Waals surface area contributed by atoms with E-state index in [-0.39, 0.29) is 5.91 Å². The Hall–Kier alpha value is -1.45. The van der Waals surface area contributed by atoms with E-state index in [0.29, 0.717) is 12.3 Å². The SMILES string of the molecule is O=C1CC(Cc2ccc(F)nc2)CN1. The quantitative estimate of drug-likeness (QED) is 0.711. The van der Waals surface area contributed by atoms with Crippen molar-refractivity contribution in [2.75, 3.05) is 6.54 Å². The summed E-state index contributed by atoms with van der Waals surface area (Å²) in [5, 5.41) is 2.77. The maximum Gasteiger partial charge on any atom is 0.220 e. The molecular weight excluding hydrogens is 183 g/mol. The maximum absolute atomic E-state index is 12.5. The van der Waals surface area contributed by atoms with Crippen LogP contribution in [0.3, 0.4) is 0 Å². The highest BCUT2D eigenvalue weighted by Gasteiger charge is 2.21. The summed E-state index contributed by atoms with van der Waals surface area (Å²) in [7, 11) is 0. The van der Waals surface area contributed by atoms with Gasteiger partial charge in [0.1, 0.15) is 0 Å². The fourth-order valence-electron chi connectivity index (χ4n) is 1.67. The topological polar surface area (TPSA) is 42.0 Å². The van der Waals surface area contributed by atoms with Gasteiger partial charge in [-0.2, -0.15) is 4.39 Å². The first-order chi connectivity index (χ1) is 6.74. The molecule has 1 aromatic heterocycles. The predicted octanol–water partition coefficient (Wildman–Crippen LogP) is 0.899. The van der Waals surface area contributed by atoms with E-state index in [4.69, 9.17) is 0 Å². The first kappa shape index (κ1) is 9.12. The number of pyridine rings is 1. The summed E-state index contributed by atoms with van der Waals surface area (Å²) in [4.78, 5) is 14.5. The third-order valence-corrected chi connectivity index (χ3v) is 2.37. The molecule has 1 saturated heterocycles. The molecule has 0 spiro atoms. The van der Waals surface area contributed by atoms with Gasteiger partial charge in [0.2, 0.25) is 11.9 Å². The number of nitrogens with zero attached hydrogens (tertiary/aromatic N) is 1. The Kier molecular flexibility index (Phi) is 2.43. The molecule has 2 heterocycles. The number of hydrogen-bond donors (Lipinski definition) is 1. The zero-order valence-electron chi connectivity index (χ0n) is 7.66. The monoisotopic (exact) mass is 194 g/mol. The Morgan fingerprint density at radius 2 is 2.43 bits per heavy atom. The van der Waals surface area contributed by atoms with Gasteiger partial charge in [-0.05, 0) is 24.0 Å². The van der Waals surface area contributed by atoms with Crippen LogP contribution in [0.2, 0.25) is 0 Å². The van der Waals surface area contributed by atoms with E-state index in [1.165, 1.54) is 12.3 Å². The summed E-state index contributed by atoms with van der Waals surface area (Å²) in [5.41, 5.74) is 0.980. The van der Waals surface area contributed by atoms with Crippen molar-refractivity contribution in [3.05, 3.63) is 29.8 Å².